The molecule has 1 fully saturated rings. The molecular formula is C19H21F3N6O2. The fraction of sp³-hybridized carbons (Fsp3) is 0.526. The van der Waals surface area contributed by atoms with Crippen LogP contribution in [0.4, 0.5) is 13.2 Å². The molecule has 0 radical (unpaired) electrons. The van der Waals surface area contributed by atoms with Crippen molar-refractivity contribution < 1.29 is 22.5 Å². The molecule has 4 heterocycles. The van der Waals surface area contributed by atoms with E-state index >= 15 is 0 Å². The van der Waals surface area contributed by atoms with E-state index in [1.165, 1.54) is 17.3 Å². The zero-order valence-electron chi connectivity index (χ0n) is 16.6. The Hall–Kier alpha value is -2.98. The zero-order valence-corrected chi connectivity index (χ0v) is 16.6. The largest absolute Gasteiger partial charge is 0.417 e. The first-order chi connectivity index (χ1) is 14.3. The van der Waals surface area contributed by atoms with Crippen molar-refractivity contribution >= 4 is 17.0 Å². The number of hydrogen-bond acceptors (Lipinski definition) is 6. The molecule has 1 aliphatic heterocycles. The van der Waals surface area contributed by atoms with E-state index in [0.29, 0.717) is 31.5 Å². The molecule has 0 bridgehead atoms. The van der Waals surface area contributed by atoms with Crippen LogP contribution in [0.1, 0.15) is 55.6 Å². The lowest BCUT2D eigenvalue weighted by Crippen LogP contribution is -2.42. The van der Waals surface area contributed by atoms with Crippen molar-refractivity contribution in [1.82, 2.24) is 29.8 Å². The average molecular weight is 422 g/mol. The van der Waals surface area contributed by atoms with Crippen molar-refractivity contribution in [1.29, 1.82) is 0 Å². The molecule has 0 N–H and O–H groups in total. The normalized spacial score (nSPS) is 18.7. The number of alkyl halides is 3. The number of nitrogens with zero attached hydrogens (tertiary/aromatic N) is 6. The van der Waals surface area contributed by atoms with E-state index in [9.17, 15) is 18.0 Å². The van der Waals surface area contributed by atoms with Gasteiger partial charge in [-0.15, -0.1) is 0 Å². The second-order valence-corrected chi connectivity index (χ2v) is 7.44. The summed E-state index contributed by atoms with van der Waals surface area (Å²) >= 11 is 0. The van der Waals surface area contributed by atoms with Crippen molar-refractivity contribution in [3.63, 3.8) is 0 Å². The molecule has 3 aromatic rings. The number of aryl methyl sites for hydroxylation is 1. The molecule has 0 aliphatic carbocycles. The fourth-order valence-corrected chi connectivity index (χ4v) is 3.90. The van der Waals surface area contributed by atoms with Crippen LogP contribution in [0.2, 0.25) is 0 Å². The lowest BCUT2D eigenvalue weighted by molar-refractivity contribution is -0.137. The second-order valence-electron chi connectivity index (χ2n) is 7.44. The van der Waals surface area contributed by atoms with Gasteiger partial charge in [0.25, 0.3) is 5.71 Å². The minimum atomic E-state index is -4.56. The molecule has 0 saturated carbocycles. The minimum absolute atomic E-state index is 0.108. The molecule has 1 amide bonds. The van der Waals surface area contributed by atoms with Gasteiger partial charge in [-0.1, -0.05) is 12.1 Å². The Morgan fingerprint density at radius 3 is 2.87 bits per heavy atom. The first-order valence-corrected chi connectivity index (χ1v) is 9.78. The van der Waals surface area contributed by atoms with Crippen LogP contribution in [-0.4, -0.2) is 48.8 Å². The van der Waals surface area contributed by atoms with Crippen LogP contribution in [0.3, 0.4) is 0 Å². The van der Waals surface area contributed by atoms with Crippen LogP contribution in [0.15, 0.2) is 23.2 Å². The topological polar surface area (TPSA) is 89.9 Å². The summed E-state index contributed by atoms with van der Waals surface area (Å²) in [4.78, 5) is 22.6. The molecule has 1 aliphatic rings. The van der Waals surface area contributed by atoms with E-state index in [-0.39, 0.29) is 35.2 Å². The molecule has 3 aromatic heterocycles. The summed E-state index contributed by atoms with van der Waals surface area (Å²) in [6.07, 6.45) is -0.146. The second kappa shape index (κ2) is 7.69. The van der Waals surface area contributed by atoms with Gasteiger partial charge in [0.2, 0.25) is 5.91 Å². The molecular weight excluding hydrogens is 401 g/mol. The minimum Gasteiger partial charge on any atom is -0.340 e. The molecule has 160 valence electrons. The van der Waals surface area contributed by atoms with E-state index in [1.807, 2.05) is 0 Å². The number of hydrogen-bond donors (Lipinski definition) is 0. The summed E-state index contributed by atoms with van der Waals surface area (Å²) in [6.45, 7) is 4.22. The first-order valence-electron chi connectivity index (χ1n) is 9.78. The summed E-state index contributed by atoms with van der Waals surface area (Å²) in [5, 5.41) is 7.84. The number of rotatable bonds is 4. The number of carbonyl (C=O) groups excluding carboxylic acids is 1. The molecule has 4 rings (SSSR count). The van der Waals surface area contributed by atoms with Gasteiger partial charge in [0.1, 0.15) is 18.7 Å². The Bertz CT molecular complexity index is 1050. The number of piperidine rings is 1. The van der Waals surface area contributed by atoms with Gasteiger partial charge >= 0.3 is 6.18 Å². The summed E-state index contributed by atoms with van der Waals surface area (Å²) in [5.74, 6) is -0.539. The third kappa shape index (κ3) is 3.63. The third-order valence-corrected chi connectivity index (χ3v) is 5.50. The van der Waals surface area contributed by atoms with Gasteiger partial charge in [0.05, 0.1) is 16.6 Å². The standard InChI is InChI=1S/C19H21F3N6O2/c1-3-13-7-14(19(20,21)22)15-16(26-30-17(15)25-13)12-5-4-6-27(8-12)18(29)11(2)28-10-23-9-24-28/h7,9-12H,3-6,8H2,1-2H3/t11-,12-/m1/s1. The SMILES string of the molecule is CCc1cc(C(F)(F)F)c2c([C@@H]3CCCN(C(=O)[C@@H](C)n4cncn4)C3)noc2n1. The molecule has 8 nitrogen and oxygen atoms in total. The van der Waals surface area contributed by atoms with Gasteiger partial charge in [-0.25, -0.2) is 14.6 Å². The van der Waals surface area contributed by atoms with E-state index in [1.54, 1.807) is 18.7 Å². The van der Waals surface area contributed by atoms with E-state index < -0.39 is 17.8 Å². The van der Waals surface area contributed by atoms with E-state index in [4.69, 9.17) is 4.52 Å². The monoisotopic (exact) mass is 422 g/mol. The van der Waals surface area contributed by atoms with Crippen LogP contribution in [-0.2, 0) is 17.4 Å². The Morgan fingerprint density at radius 2 is 2.20 bits per heavy atom. The average Bonchev–Trinajstić information content (AvgIpc) is 3.41. The smallest absolute Gasteiger partial charge is 0.340 e. The molecule has 0 spiro atoms. The predicted octanol–water partition coefficient (Wildman–Crippen LogP) is 3.36. The molecule has 2 atom stereocenters. The van der Waals surface area contributed by atoms with Crippen LogP contribution in [0, 0.1) is 0 Å². The van der Waals surface area contributed by atoms with E-state index in [0.717, 1.165) is 6.07 Å². The Kier molecular flexibility index (Phi) is 5.20. The number of likely N-dealkylation sites (tertiary alicyclic amines) is 1. The van der Waals surface area contributed by atoms with Gasteiger partial charge in [-0.2, -0.15) is 18.3 Å². The fourth-order valence-electron chi connectivity index (χ4n) is 3.90. The lowest BCUT2D eigenvalue weighted by atomic mass is 9.91. The maximum absolute atomic E-state index is 13.7. The summed E-state index contributed by atoms with van der Waals surface area (Å²) < 4.78 is 47.9. The number of amides is 1. The number of halogens is 3. The van der Waals surface area contributed by atoms with Gasteiger partial charge in [0, 0.05) is 24.7 Å². The Labute approximate surface area is 170 Å². The summed E-state index contributed by atoms with van der Waals surface area (Å²) in [6, 6.07) is 0.501. The van der Waals surface area contributed by atoms with E-state index in [2.05, 4.69) is 20.2 Å². The van der Waals surface area contributed by atoms with Crippen molar-refractivity contribution in [3.8, 4) is 0 Å². The van der Waals surface area contributed by atoms with Crippen LogP contribution >= 0.6 is 0 Å². The van der Waals surface area contributed by atoms with Crippen molar-refractivity contribution in [3.05, 3.63) is 35.7 Å². The highest BCUT2D eigenvalue weighted by Gasteiger charge is 2.38. The predicted molar refractivity (Wildman–Crippen MR) is 99.5 cm³/mol. The molecule has 0 aromatic carbocycles. The summed E-state index contributed by atoms with van der Waals surface area (Å²) in [5.41, 5.74) is -0.408. The maximum atomic E-state index is 13.7. The van der Waals surface area contributed by atoms with Crippen molar-refractivity contribution in [2.75, 3.05) is 13.1 Å². The van der Waals surface area contributed by atoms with Crippen molar-refractivity contribution in [2.24, 2.45) is 0 Å². The van der Waals surface area contributed by atoms with Crippen LogP contribution in [0.25, 0.3) is 11.1 Å². The quantitative estimate of drug-likeness (QED) is 0.641. The van der Waals surface area contributed by atoms with Gasteiger partial charge in [-0.05, 0) is 32.3 Å². The molecule has 30 heavy (non-hydrogen) atoms. The number of fused-ring (bicyclic) bond motifs is 1. The van der Waals surface area contributed by atoms with Gasteiger partial charge < -0.3 is 9.42 Å². The highest BCUT2D eigenvalue weighted by molar-refractivity contribution is 5.82. The Morgan fingerprint density at radius 1 is 1.40 bits per heavy atom. The highest BCUT2D eigenvalue weighted by Crippen LogP contribution is 2.40. The van der Waals surface area contributed by atoms with Gasteiger partial charge in [-0.3, -0.25) is 4.79 Å². The maximum Gasteiger partial charge on any atom is 0.417 e. The Balaban J connectivity index is 1.66. The van der Waals surface area contributed by atoms with Crippen LogP contribution < -0.4 is 0 Å². The van der Waals surface area contributed by atoms with Crippen LogP contribution in [0.5, 0.6) is 0 Å². The number of carbonyl (C=O) groups is 1. The number of pyridine rings is 1. The zero-order chi connectivity index (χ0) is 21.5. The first kappa shape index (κ1) is 20.3. The highest BCUT2D eigenvalue weighted by atomic mass is 19.4. The lowest BCUT2D eigenvalue weighted by Gasteiger charge is -2.33. The molecule has 1 saturated heterocycles. The summed E-state index contributed by atoms with van der Waals surface area (Å²) in [7, 11) is 0. The molecule has 11 heteroatoms. The third-order valence-electron chi connectivity index (χ3n) is 5.50. The molecule has 0 unspecified atom stereocenters. The number of aromatic nitrogens is 5. The van der Waals surface area contributed by atoms with Crippen molar-refractivity contribution in [2.45, 2.75) is 51.2 Å². The van der Waals surface area contributed by atoms with Gasteiger partial charge in [0.15, 0.2) is 0 Å².